The zero-order valence-corrected chi connectivity index (χ0v) is 11.8. The Morgan fingerprint density at radius 3 is 2.67 bits per heavy atom. The van der Waals surface area contributed by atoms with Crippen molar-refractivity contribution in [3.05, 3.63) is 58.3 Å². The molecule has 3 nitrogen and oxygen atoms in total. The van der Waals surface area contributed by atoms with Gasteiger partial charge in [0.15, 0.2) is 0 Å². The molecule has 0 saturated heterocycles. The first-order valence-electron chi connectivity index (χ1n) is 5.76. The van der Waals surface area contributed by atoms with Crippen LogP contribution in [0.25, 0.3) is 0 Å². The van der Waals surface area contributed by atoms with Gasteiger partial charge in [0.1, 0.15) is 12.4 Å². The Morgan fingerprint density at radius 2 is 1.89 bits per heavy atom. The largest absolute Gasteiger partial charge is 0.486 e. The maximum atomic E-state index is 5.73. The Labute approximate surface area is 115 Å². The van der Waals surface area contributed by atoms with Gasteiger partial charge in [-0.25, -0.2) is 0 Å². The smallest absolute Gasteiger partial charge is 0.134 e. The van der Waals surface area contributed by atoms with E-state index in [1.807, 2.05) is 49.5 Å². The summed E-state index contributed by atoms with van der Waals surface area (Å²) in [6.45, 7) is 1.24. The second kappa shape index (κ2) is 6.52. The number of ether oxygens (including phenoxy) is 1. The van der Waals surface area contributed by atoms with E-state index in [4.69, 9.17) is 4.74 Å². The van der Waals surface area contributed by atoms with Crippen LogP contribution in [0.4, 0.5) is 0 Å². The number of nitrogens with one attached hydrogen (secondary N) is 1. The van der Waals surface area contributed by atoms with Crippen LogP contribution in [0.2, 0.25) is 0 Å². The molecule has 0 aliphatic carbocycles. The van der Waals surface area contributed by atoms with Crippen molar-refractivity contribution in [3.63, 3.8) is 0 Å². The molecule has 0 amide bonds. The molecule has 94 valence electrons. The summed E-state index contributed by atoms with van der Waals surface area (Å²) in [5.41, 5.74) is 1.95. The molecule has 0 radical (unpaired) electrons. The van der Waals surface area contributed by atoms with Crippen LogP contribution in [-0.2, 0) is 13.2 Å². The van der Waals surface area contributed by atoms with Gasteiger partial charge in [-0.3, -0.25) is 4.98 Å². The highest BCUT2D eigenvalue weighted by Gasteiger charge is 2.01. The normalized spacial score (nSPS) is 10.3. The van der Waals surface area contributed by atoms with Gasteiger partial charge >= 0.3 is 0 Å². The third-order valence-electron chi connectivity index (χ3n) is 2.43. The van der Waals surface area contributed by atoms with Crippen molar-refractivity contribution in [2.24, 2.45) is 0 Å². The van der Waals surface area contributed by atoms with E-state index in [0.29, 0.717) is 6.61 Å². The monoisotopic (exact) mass is 306 g/mol. The predicted molar refractivity (Wildman–Crippen MR) is 75.5 cm³/mol. The van der Waals surface area contributed by atoms with Crippen LogP contribution in [0.15, 0.2) is 46.9 Å². The highest BCUT2D eigenvalue weighted by Crippen LogP contribution is 2.24. The van der Waals surface area contributed by atoms with Gasteiger partial charge in [-0.1, -0.05) is 18.2 Å². The standard InChI is InChI=1S/C14H15BrN2O/c1-16-9-11-5-4-6-12(17-11)10-18-14-8-3-2-7-13(14)15/h2-8,16H,9-10H2,1H3. The molecule has 0 fully saturated rings. The van der Waals surface area contributed by atoms with Gasteiger partial charge in [0, 0.05) is 6.54 Å². The van der Waals surface area contributed by atoms with Crippen LogP contribution in [-0.4, -0.2) is 12.0 Å². The lowest BCUT2D eigenvalue weighted by atomic mass is 10.3. The van der Waals surface area contributed by atoms with Crippen LogP contribution in [0.5, 0.6) is 5.75 Å². The Balaban J connectivity index is 2.02. The van der Waals surface area contributed by atoms with Crippen molar-refractivity contribution in [1.29, 1.82) is 0 Å². The predicted octanol–water partition coefficient (Wildman–Crippen LogP) is 3.14. The van der Waals surface area contributed by atoms with Crippen molar-refractivity contribution in [3.8, 4) is 5.75 Å². The van der Waals surface area contributed by atoms with Crippen molar-refractivity contribution >= 4 is 15.9 Å². The fourth-order valence-corrected chi connectivity index (χ4v) is 2.00. The summed E-state index contributed by atoms with van der Waals surface area (Å²) in [5, 5.41) is 3.08. The lowest BCUT2D eigenvalue weighted by Gasteiger charge is -2.08. The molecule has 1 aromatic heterocycles. The van der Waals surface area contributed by atoms with E-state index in [1.54, 1.807) is 0 Å². The maximum absolute atomic E-state index is 5.73. The second-order valence-corrected chi connectivity index (χ2v) is 4.72. The van der Waals surface area contributed by atoms with E-state index in [1.165, 1.54) is 0 Å². The molecular weight excluding hydrogens is 292 g/mol. The quantitative estimate of drug-likeness (QED) is 0.921. The van der Waals surface area contributed by atoms with Crippen LogP contribution in [0.1, 0.15) is 11.4 Å². The van der Waals surface area contributed by atoms with Crippen molar-refractivity contribution in [2.45, 2.75) is 13.2 Å². The Kier molecular flexibility index (Phi) is 4.73. The number of aromatic nitrogens is 1. The summed E-state index contributed by atoms with van der Waals surface area (Å²) >= 11 is 3.45. The molecule has 1 heterocycles. The zero-order valence-electron chi connectivity index (χ0n) is 10.2. The van der Waals surface area contributed by atoms with Gasteiger partial charge in [0.05, 0.1) is 15.9 Å². The minimum absolute atomic E-state index is 0.472. The number of pyridine rings is 1. The zero-order chi connectivity index (χ0) is 12.8. The van der Waals surface area contributed by atoms with Crippen molar-refractivity contribution < 1.29 is 4.74 Å². The molecule has 4 heteroatoms. The van der Waals surface area contributed by atoms with E-state index in [9.17, 15) is 0 Å². The van der Waals surface area contributed by atoms with Gasteiger partial charge in [0.25, 0.3) is 0 Å². The molecule has 18 heavy (non-hydrogen) atoms. The average Bonchev–Trinajstić information content (AvgIpc) is 2.39. The van der Waals surface area contributed by atoms with Gasteiger partial charge in [-0.2, -0.15) is 0 Å². The fourth-order valence-electron chi connectivity index (χ4n) is 1.60. The summed E-state index contributed by atoms with van der Waals surface area (Å²) < 4.78 is 6.68. The second-order valence-electron chi connectivity index (χ2n) is 3.87. The number of hydrogen-bond donors (Lipinski definition) is 1. The van der Waals surface area contributed by atoms with Crippen molar-refractivity contribution in [1.82, 2.24) is 10.3 Å². The molecule has 0 bridgehead atoms. The molecule has 0 aliphatic heterocycles. The molecule has 2 aromatic rings. The number of para-hydroxylation sites is 1. The minimum atomic E-state index is 0.472. The first-order chi connectivity index (χ1) is 8.79. The average molecular weight is 307 g/mol. The Morgan fingerprint density at radius 1 is 1.11 bits per heavy atom. The van der Waals surface area contributed by atoms with Crippen LogP contribution >= 0.6 is 15.9 Å². The van der Waals surface area contributed by atoms with E-state index in [-0.39, 0.29) is 0 Å². The van der Waals surface area contributed by atoms with Crippen LogP contribution < -0.4 is 10.1 Å². The third-order valence-corrected chi connectivity index (χ3v) is 3.09. The molecule has 2 rings (SSSR count). The van der Waals surface area contributed by atoms with Crippen LogP contribution in [0, 0.1) is 0 Å². The minimum Gasteiger partial charge on any atom is -0.486 e. The summed E-state index contributed by atoms with van der Waals surface area (Å²) in [7, 11) is 1.91. The molecule has 0 unspecified atom stereocenters. The molecular formula is C14H15BrN2O. The van der Waals surface area contributed by atoms with E-state index < -0.39 is 0 Å². The maximum Gasteiger partial charge on any atom is 0.134 e. The molecule has 0 atom stereocenters. The summed E-state index contributed by atoms with van der Waals surface area (Å²) in [4.78, 5) is 4.50. The van der Waals surface area contributed by atoms with Gasteiger partial charge in [-0.15, -0.1) is 0 Å². The number of halogens is 1. The van der Waals surface area contributed by atoms with E-state index in [2.05, 4.69) is 26.2 Å². The van der Waals surface area contributed by atoms with Gasteiger partial charge in [0.2, 0.25) is 0 Å². The fraction of sp³-hybridized carbons (Fsp3) is 0.214. The highest BCUT2D eigenvalue weighted by molar-refractivity contribution is 9.10. The third kappa shape index (κ3) is 3.55. The summed E-state index contributed by atoms with van der Waals surface area (Å²) in [6.07, 6.45) is 0. The van der Waals surface area contributed by atoms with Crippen molar-refractivity contribution in [2.75, 3.05) is 7.05 Å². The Hall–Kier alpha value is -1.39. The SMILES string of the molecule is CNCc1cccc(COc2ccccc2Br)n1. The molecule has 0 aliphatic rings. The highest BCUT2D eigenvalue weighted by atomic mass is 79.9. The van der Waals surface area contributed by atoms with Gasteiger partial charge in [-0.05, 0) is 47.2 Å². The molecule has 1 aromatic carbocycles. The van der Waals surface area contributed by atoms with Gasteiger partial charge < -0.3 is 10.1 Å². The molecule has 1 N–H and O–H groups in total. The summed E-state index contributed by atoms with van der Waals surface area (Å²) in [5.74, 6) is 0.832. The van der Waals surface area contributed by atoms with Crippen LogP contribution in [0.3, 0.4) is 0 Å². The number of nitrogens with zero attached hydrogens (tertiary/aromatic N) is 1. The first kappa shape index (κ1) is 13.1. The lowest BCUT2D eigenvalue weighted by molar-refractivity contribution is 0.299. The number of benzene rings is 1. The molecule has 0 spiro atoms. The summed E-state index contributed by atoms with van der Waals surface area (Å²) in [6, 6.07) is 13.8. The number of hydrogen-bond acceptors (Lipinski definition) is 3. The molecule has 0 saturated carbocycles. The van der Waals surface area contributed by atoms with E-state index >= 15 is 0 Å². The van der Waals surface area contributed by atoms with E-state index in [0.717, 1.165) is 28.2 Å². The Bertz CT molecular complexity index is 517. The first-order valence-corrected chi connectivity index (χ1v) is 6.55. The topological polar surface area (TPSA) is 34.1 Å². The number of rotatable bonds is 5. The lowest BCUT2D eigenvalue weighted by Crippen LogP contribution is -2.08.